The minimum absolute atomic E-state index is 0.178. The molecule has 2 aromatic carbocycles. The second-order valence-corrected chi connectivity index (χ2v) is 5.60. The first kappa shape index (κ1) is 13.1. The Hall–Kier alpha value is -1.87. The summed E-state index contributed by atoms with van der Waals surface area (Å²) in [5, 5.41) is 11.4. The zero-order valence-electron chi connectivity index (χ0n) is 11.7. The molecule has 1 N–H and O–H groups in total. The number of nitrogens with zero attached hydrogens (tertiary/aromatic N) is 1. The molecule has 1 heterocycles. The van der Waals surface area contributed by atoms with Crippen molar-refractivity contribution in [1.29, 1.82) is 0 Å². The van der Waals surface area contributed by atoms with Crippen molar-refractivity contribution < 1.29 is 9.90 Å². The zero-order chi connectivity index (χ0) is 14.1. The topological polar surface area (TPSA) is 40.5 Å². The smallest absolute Gasteiger partial charge is 0.309 e. The summed E-state index contributed by atoms with van der Waals surface area (Å²) in [6.45, 7) is 4.35. The third-order valence-corrected chi connectivity index (χ3v) is 4.09. The summed E-state index contributed by atoms with van der Waals surface area (Å²) < 4.78 is 0. The van der Waals surface area contributed by atoms with Gasteiger partial charge < -0.3 is 5.11 Å². The number of likely N-dealkylation sites (tertiary alicyclic amines) is 1. The van der Waals surface area contributed by atoms with Gasteiger partial charge in [0.2, 0.25) is 0 Å². The quantitative estimate of drug-likeness (QED) is 0.927. The van der Waals surface area contributed by atoms with Crippen molar-refractivity contribution in [2.24, 2.45) is 5.92 Å². The van der Waals surface area contributed by atoms with Gasteiger partial charge >= 0.3 is 5.97 Å². The van der Waals surface area contributed by atoms with Crippen molar-refractivity contribution in [3.63, 3.8) is 0 Å². The molecule has 3 nitrogen and oxygen atoms in total. The highest BCUT2D eigenvalue weighted by atomic mass is 16.4. The van der Waals surface area contributed by atoms with Gasteiger partial charge in [-0.15, -0.1) is 0 Å². The molecule has 0 saturated carbocycles. The Balaban J connectivity index is 1.72. The maximum Gasteiger partial charge on any atom is 0.309 e. The molecule has 20 heavy (non-hydrogen) atoms. The Morgan fingerprint density at radius 1 is 1.15 bits per heavy atom. The fourth-order valence-corrected chi connectivity index (χ4v) is 2.78. The van der Waals surface area contributed by atoms with Gasteiger partial charge in [0.15, 0.2) is 0 Å². The van der Waals surface area contributed by atoms with Crippen LogP contribution >= 0.6 is 0 Å². The van der Waals surface area contributed by atoms with Gasteiger partial charge in [0, 0.05) is 19.6 Å². The molecule has 2 aromatic rings. The predicted octanol–water partition coefficient (Wildman–Crippen LogP) is 2.92. The van der Waals surface area contributed by atoms with E-state index in [0.29, 0.717) is 13.1 Å². The van der Waals surface area contributed by atoms with E-state index in [1.807, 2.05) is 0 Å². The lowest BCUT2D eigenvalue weighted by molar-refractivity contribution is -0.147. The van der Waals surface area contributed by atoms with Crippen LogP contribution in [-0.2, 0) is 17.8 Å². The van der Waals surface area contributed by atoms with Gasteiger partial charge in [-0.1, -0.05) is 37.3 Å². The van der Waals surface area contributed by atoms with Crippen LogP contribution in [0.3, 0.4) is 0 Å². The third-order valence-electron chi connectivity index (χ3n) is 4.09. The van der Waals surface area contributed by atoms with Crippen LogP contribution in [0.25, 0.3) is 10.8 Å². The van der Waals surface area contributed by atoms with Crippen molar-refractivity contribution in [2.75, 3.05) is 13.1 Å². The Labute approximate surface area is 118 Å². The Bertz CT molecular complexity index is 644. The molecule has 1 fully saturated rings. The molecular formula is C17H19NO2. The number of benzene rings is 2. The maximum absolute atomic E-state index is 10.8. The van der Waals surface area contributed by atoms with Crippen LogP contribution in [-0.4, -0.2) is 29.1 Å². The summed E-state index contributed by atoms with van der Waals surface area (Å²) in [6, 6.07) is 13.1. The van der Waals surface area contributed by atoms with Crippen LogP contribution in [0.1, 0.15) is 18.1 Å². The minimum Gasteiger partial charge on any atom is -0.481 e. The second-order valence-electron chi connectivity index (χ2n) is 5.60. The summed E-state index contributed by atoms with van der Waals surface area (Å²) in [7, 11) is 0. The molecule has 1 aliphatic heterocycles. The molecule has 0 bridgehead atoms. The normalized spacial score (nSPS) is 16.2. The van der Waals surface area contributed by atoms with Crippen molar-refractivity contribution >= 4 is 16.7 Å². The summed E-state index contributed by atoms with van der Waals surface area (Å²) in [5.41, 5.74) is 2.61. The minimum atomic E-state index is -0.674. The standard InChI is InChI=1S/C17H19NO2/c1-2-12-3-5-15-8-13(4-6-14(15)7-12)9-18-10-16(11-18)17(19)20/h3-8,16H,2,9-11H2,1H3,(H,19,20). The van der Waals surface area contributed by atoms with Crippen LogP contribution in [0.4, 0.5) is 0 Å². The molecule has 1 saturated heterocycles. The van der Waals surface area contributed by atoms with Crippen molar-refractivity contribution in [2.45, 2.75) is 19.9 Å². The molecule has 0 aliphatic carbocycles. The molecule has 0 unspecified atom stereocenters. The number of aryl methyl sites for hydroxylation is 1. The number of aliphatic carboxylic acids is 1. The molecule has 0 radical (unpaired) electrons. The van der Waals surface area contributed by atoms with Gasteiger partial charge in [-0.25, -0.2) is 0 Å². The van der Waals surface area contributed by atoms with E-state index in [1.165, 1.54) is 21.9 Å². The SMILES string of the molecule is CCc1ccc2cc(CN3CC(C(=O)O)C3)ccc2c1. The number of hydrogen-bond acceptors (Lipinski definition) is 2. The Kier molecular flexibility index (Phi) is 3.45. The monoisotopic (exact) mass is 269 g/mol. The highest BCUT2D eigenvalue weighted by Gasteiger charge is 2.32. The van der Waals surface area contributed by atoms with Crippen LogP contribution < -0.4 is 0 Å². The Morgan fingerprint density at radius 3 is 2.35 bits per heavy atom. The van der Waals surface area contributed by atoms with Crippen LogP contribution in [0, 0.1) is 5.92 Å². The van der Waals surface area contributed by atoms with Gasteiger partial charge in [0.05, 0.1) is 5.92 Å². The van der Waals surface area contributed by atoms with Gasteiger partial charge in [0.25, 0.3) is 0 Å². The van der Waals surface area contributed by atoms with Gasteiger partial charge in [-0.2, -0.15) is 0 Å². The molecule has 0 aromatic heterocycles. The first-order valence-corrected chi connectivity index (χ1v) is 7.12. The predicted molar refractivity (Wildman–Crippen MR) is 79.7 cm³/mol. The summed E-state index contributed by atoms with van der Waals surface area (Å²) >= 11 is 0. The highest BCUT2D eigenvalue weighted by Crippen LogP contribution is 2.22. The number of carbonyl (C=O) groups is 1. The number of carboxylic acids is 1. The van der Waals surface area contributed by atoms with E-state index in [4.69, 9.17) is 5.11 Å². The Morgan fingerprint density at radius 2 is 1.75 bits per heavy atom. The molecule has 3 rings (SSSR count). The largest absolute Gasteiger partial charge is 0.481 e. The average molecular weight is 269 g/mol. The van der Waals surface area contributed by atoms with Crippen molar-refractivity contribution in [3.05, 3.63) is 47.5 Å². The van der Waals surface area contributed by atoms with E-state index in [1.54, 1.807) is 0 Å². The first-order chi connectivity index (χ1) is 9.65. The van der Waals surface area contributed by atoms with Crippen LogP contribution in [0.5, 0.6) is 0 Å². The van der Waals surface area contributed by atoms with Crippen LogP contribution in [0.15, 0.2) is 36.4 Å². The summed E-state index contributed by atoms with van der Waals surface area (Å²) in [6.07, 6.45) is 1.06. The molecule has 104 valence electrons. The molecule has 0 amide bonds. The average Bonchev–Trinajstić information content (AvgIpc) is 2.41. The molecule has 0 spiro atoms. The molecule has 1 aliphatic rings. The maximum atomic E-state index is 10.8. The van der Waals surface area contributed by atoms with E-state index in [9.17, 15) is 4.79 Å². The van der Waals surface area contributed by atoms with Crippen molar-refractivity contribution in [1.82, 2.24) is 4.90 Å². The molecule has 3 heteroatoms. The fourth-order valence-electron chi connectivity index (χ4n) is 2.78. The fraction of sp³-hybridized carbons (Fsp3) is 0.353. The lowest BCUT2D eigenvalue weighted by Crippen LogP contribution is -2.49. The van der Waals surface area contributed by atoms with E-state index >= 15 is 0 Å². The second kappa shape index (κ2) is 5.25. The molecular weight excluding hydrogens is 250 g/mol. The van der Waals surface area contributed by atoms with E-state index in [-0.39, 0.29) is 5.92 Å². The summed E-state index contributed by atoms with van der Waals surface area (Å²) in [4.78, 5) is 13.0. The zero-order valence-corrected chi connectivity index (χ0v) is 11.7. The van der Waals surface area contributed by atoms with Gasteiger partial charge in [0.1, 0.15) is 0 Å². The molecule has 0 atom stereocenters. The third kappa shape index (κ3) is 2.54. The highest BCUT2D eigenvalue weighted by molar-refractivity contribution is 5.83. The van der Waals surface area contributed by atoms with Gasteiger partial charge in [-0.3, -0.25) is 9.69 Å². The number of carboxylic acid groups (broad SMARTS) is 1. The number of fused-ring (bicyclic) bond motifs is 1. The van der Waals surface area contributed by atoms with Gasteiger partial charge in [-0.05, 0) is 34.4 Å². The first-order valence-electron chi connectivity index (χ1n) is 7.12. The van der Waals surface area contributed by atoms with E-state index < -0.39 is 5.97 Å². The number of rotatable bonds is 4. The van der Waals surface area contributed by atoms with E-state index in [2.05, 4.69) is 48.2 Å². The lowest BCUT2D eigenvalue weighted by atomic mass is 9.98. The van der Waals surface area contributed by atoms with Crippen LogP contribution in [0.2, 0.25) is 0 Å². The van der Waals surface area contributed by atoms with Crippen molar-refractivity contribution in [3.8, 4) is 0 Å². The number of hydrogen-bond donors (Lipinski definition) is 1. The summed E-state index contributed by atoms with van der Waals surface area (Å²) in [5.74, 6) is -0.852. The van der Waals surface area contributed by atoms with E-state index in [0.717, 1.165) is 13.0 Å². The lowest BCUT2D eigenvalue weighted by Gasteiger charge is -2.36.